The molecule has 4 heteroatoms. The fraction of sp³-hybridized carbons (Fsp3) is 0. The van der Waals surface area contributed by atoms with Gasteiger partial charge in [-0.2, -0.15) is 0 Å². The molecule has 0 aliphatic carbocycles. The molecular formula is C7H7N2O2+. The molecule has 0 saturated heterocycles. The van der Waals surface area contributed by atoms with E-state index in [1.165, 1.54) is 0 Å². The van der Waals surface area contributed by atoms with Crippen LogP contribution in [0.3, 0.4) is 0 Å². The maximum absolute atomic E-state index is 10.2. The Labute approximate surface area is 63.5 Å². The Morgan fingerprint density at radius 3 is 2.00 bits per heavy atom. The van der Waals surface area contributed by atoms with Gasteiger partial charge in [-0.25, -0.2) is 4.79 Å². The second-order valence-corrected chi connectivity index (χ2v) is 1.67. The van der Waals surface area contributed by atoms with Crippen LogP contribution in [0.2, 0.25) is 0 Å². The number of aromatic carboxylic acids is 1. The number of nitrogens with zero attached hydrogens (tertiary/aromatic N) is 1. The third kappa shape index (κ3) is 2.96. The highest BCUT2D eigenvalue weighted by molar-refractivity contribution is 5.87. The highest BCUT2D eigenvalue weighted by Crippen LogP contribution is 1.96. The van der Waals surface area contributed by atoms with Gasteiger partial charge in [0.1, 0.15) is 0 Å². The molecule has 0 aromatic heterocycles. The Morgan fingerprint density at radius 2 is 1.73 bits per heavy atom. The first kappa shape index (κ1) is 9.11. The average molecular weight is 151 g/mol. The van der Waals surface area contributed by atoms with Gasteiger partial charge in [0, 0.05) is 0 Å². The van der Waals surface area contributed by atoms with Crippen LogP contribution in [0.4, 0.5) is 0 Å². The molecule has 56 valence electrons. The normalized spacial score (nSPS) is 7.45. The molecular weight excluding hydrogens is 144 g/mol. The zero-order valence-electron chi connectivity index (χ0n) is 5.69. The van der Waals surface area contributed by atoms with E-state index >= 15 is 0 Å². The molecule has 0 unspecified atom stereocenters. The number of carboxylic acid groups (broad SMARTS) is 1. The topological polar surface area (TPSA) is 84.9 Å². The molecule has 4 nitrogen and oxygen atoms in total. The standard InChI is InChI=1S/C7H6O2.N2/c8-7(9)6-4-2-1-3-5-6;1-2/h1-5H,(H,8,9);/p+1. The second-order valence-electron chi connectivity index (χ2n) is 1.67. The van der Waals surface area contributed by atoms with Crippen LogP contribution in [-0.4, -0.2) is 11.1 Å². The van der Waals surface area contributed by atoms with Crippen molar-refractivity contribution in [3.8, 4) is 0 Å². The van der Waals surface area contributed by atoms with E-state index in [9.17, 15) is 4.79 Å². The largest absolute Gasteiger partial charge is 0.478 e. The molecule has 0 bridgehead atoms. The van der Waals surface area contributed by atoms with Crippen LogP contribution in [0.15, 0.2) is 30.3 Å². The van der Waals surface area contributed by atoms with E-state index in [-0.39, 0.29) is 0 Å². The molecule has 1 aromatic carbocycles. The van der Waals surface area contributed by atoms with E-state index in [1.54, 1.807) is 30.3 Å². The summed E-state index contributed by atoms with van der Waals surface area (Å²) in [5.41, 5.74) is 0.331. The van der Waals surface area contributed by atoms with Crippen molar-refractivity contribution < 1.29 is 15.3 Å². The Kier molecular flexibility index (Phi) is 4.09. The predicted molar refractivity (Wildman–Crippen MR) is 36.1 cm³/mol. The Hall–Kier alpha value is -1.89. The molecule has 1 rings (SSSR count). The summed E-state index contributed by atoms with van der Waals surface area (Å²) in [7, 11) is 0. The Balaban J connectivity index is 0.000000461. The maximum Gasteiger partial charge on any atom is 0.335 e. The lowest BCUT2D eigenvalue weighted by Crippen LogP contribution is -2.11. The highest BCUT2D eigenvalue weighted by atomic mass is 16.4. The van der Waals surface area contributed by atoms with Crippen molar-refractivity contribution in [2.45, 2.75) is 0 Å². The first-order valence-electron chi connectivity index (χ1n) is 2.81. The summed E-state index contributed by atoms with van der Waals surface area (Å²) in [6.45, 7) is 0. The van der Waals surface area contributed by atoms with Gasteiger partial charge in [0.2, 0.25) is 5.39 Å². The molecule has 2 N–H and O–H groups in total. The molecule has 11 heavy (non-hydrogen) atoms. The maximum atomic E-state index is 10.2. The lowest BCUT2D eigenvalue weighted by Gasteiger charge is -1.88. The first-order chi connectivity index (χ1) is 5.30. The lowest BCUT2D eigenvalue weighted by molar-refractivity contribution is -0.175. The number of carbonyl (C=O) groups is 1. The van der Waals surface area contributed by atoms with Crippen molar-refractivity contribution in [2.24, 2.45) is 0 Å². The van der Waals surface area contributed by atoms with E-state index in [4.69, 9.17) is 15.9 Å². The van der Waals surface area contributed by atoms with Gasteiger partial charge in [0.25, 0.3) is 0 Å². The summed E-state index contributed by atoms with van der Waals surface area (Å²) in [4.78, 5) is 10.2. The van der Waals surface area contributed by atoms with Crippen molar-refractivity contribution in [1.29, 1.82) is 5.39 Å². The summed E-state index contributed by atoms with van der Waals surface area (Å²) >= 11 is 0. The molecule has 0 aliphatic heterocycles. The minimum Gasteiger partial charge on any atom is -0.478 e. The van der Waals surface area contributed by atoms with Gasteiger partial charge in [-0.3, -0.25) is 0 Å². The van der Waals surface area contributed by atoms with Crippen LogP contribution in [0.5, 0.6) is 0 Å². The van der Waals surface area contributed by atoms with Crippen LogP contribution in [0, 0.1) is 5.39 Å². The van der Waals surface area contributed by atoms with Crippen LogP contribution >= 0.6 is 0 Å². The summed E-state index contributed by atoms with van der Waals surface area (Å²) in [6.07, 6.45) is 0. The van der Waals surface area contributed by atoms with Crippen LogP contribution in [0.1, 0.15) is 10.4 Å². The number of rotatable bonds is 1. The van der Waals surface area contributed by atoms with Crippen molar-refractivity contribution in [3.05, 3.63) is 35.9 Å². The van der Waals surface area contributed by atoms with Gasteiger partial charge >= 0.3 is 5.97 Å². The van der Waals surface area contributed by atoms with Crippen LogP contribution in [0.25, 0.3) is 0 Å². The number of hydrogen-bond acceptors (Lipinski definition) is 2. The van der Waals surface area contributed by atoms with Gasteiger partial charge in [-0.1, -0.05) is 18.2 Å². The first-order valence-corrected chi connectivity index (χ1v) is 2.81. The Bertz CT molecular complexity index is 243. The van der Waals surface area contributed by atoms with Crippen molar-refractivity contribution in [1.82, 2.24) is 0 Å². The third-order valence-electron chi connectivity index (χ3n) is 1.02. The molecule has 0 saturated carbocycles. The number of benzene rings is 1. The SMILES string of the molecule is N#[NH+].O=C(O)c1ccccc1. The number of diazo groups is 1. The van der Waals surface area contributed by atoms with Crippen molar-refractivity contribution in [3.63, 3.8) is 0 Å². The zero-order chi connectivity index (χ0) is 8.69. The fourth-order valence-corrected chi connectivity index (χ4v) is 0.581. The van der Waals surface area contributed by atoms with E-state index < -0.39 is 5.97 Å². The third-order valence-corrected chi connectivity index (χ3v) is 1.02. The molecule has 1 aromatic rings. The van der Waals surface area contributed by atoms with Gasteiger partial charge in [0.15, 0.2) is 0 Å². The molecule has 0 atom stereocenters. The average Bonchev–Trinajstić information content (AvgIpc) is 2.10. The second kappa shape index (κ2) is 4.94. The van der Waals surface area contributed by atoms with Gasteiger partial charge in [-0.15, -0.1) is 0 Å². The quantitative estimate of drug-likeness (QED) is 0.538. The molecule has 0 radical (unpaired) electrons. The van der Waals surface area contributed by atoms with Crippen molar-refractivity contribution in [2.75, 3.05) is 0 Å². The number of carboxylic acids is 1. The van der Waals surface area contributed by atoms with Gasteiger partial charge < -0.3 is 5.11 Å². The Morgan fingerprint density at radius 1 is 1.27 bits per heavy atom. The van der Waals surface area contributed by atoms with E-state index in [2.05, 4.69) is 0 Å². The fourth-order valence-electron chi connectivity index (χ4n) is 0.581. The molecule has 0 fully saturated rings. The minimum absolute atomic E-state index is 0.331. The number of nitrogens with one attached hydrogen (secondary N) is 1. The smallest absolute Gasteiger partial charge is 0.335 e. The van der Waals surface area contributed by atoms with E-state index in [0.29, 0.717) is 5.56 Å². The lowest BCUT2D eigenvalue weighted by atomic mass is 10.2. The summed E-state index contributed by atoms with van der Waals surface area (Å²) in [5.74, 6) is -0.879. The summed E-state index contributed by atoms with van der Waals surface area (Å²) in [5, 5.41) is 19.4. The van der Waals surface area contributed by atoms with Gasteiger partial charge in [-0.05, 0) is 12.1 Å². The zero-order valence-corrected chi connectivity index (χ0v) is 5.69. The summed E-state index contributed by atoms with van der Waals surface area (Å²) < 4.78 is 0. The predicted octanol–water partition coefficient (Wildman–Crippen LogP) is -0.336. The minimum atomic E-state index is -0.879. The monoisotopic (exact) mass is 151 g/mol. The van der Waals surface area contributed by atoms with E-state index in [1.807, 2.05) is 0 Å². The number of hydrogen-bond donors (Lipinski definition) is 2. The molecule has 0 aliphatic rings. The van der Waals surface area contributed by atoms with E-state index in [0.717, 1.165) is 0 Å². The summed E-state index contributed by atoms with van der Waals surface area (Å²) in [6, 6.07) is 8.30. The van der Waals surface area contributed by atoms with Crippen molar-refractivity contribution >= 4 is 5.97 Å². The highest BCUT2D eigenvalue weighted by Gasteiger charge is 1.96. The molecule has 0 spiro atoms. The molecule has 0 heterocycles. The van der Waals surface area contributed by atoms with Crippen LogP contribution in [-0.2, 0) is 0 Å². The van der Waals surface area contributed by atoms with Crippen LogP contribution < -0.4 is 5.39 Å². The molecule has 0 amide bonds. The van der Waals surface area contributed by atoms with Gasteiger partial charge in [0.05, 0.1) is 11.0 Å².